The number of hydrogen-bond acceptors (Lipinski definition) is 6. The minimum Gasteiger partial charge on any atom is -0.506 e. The van der Waals surface area contributed by atoms with Crippen molar-refractivity contribution >= 4 is 16.8 Å². The van der Waals surface area contributed by atoms with Crippen LogP contribution in [0.3, 0.4) is 0 Å². The number of rotatable bonds is 5. The first kappa shape index (κ1) is 17.3. The maximum absolute atomic E-state index is 12.4. The monoisotopic (exact) mass is 355 g/mol. The molecule has 1 aromatic carbocycles. The van der Waals surface area contributed by atoms with E-state index in [2.05, 4.69) is 15.3 Å². The lowest BCUT2D eigenvalue weighted by Gasteiger charge is -2.12. The molecule has 8 nitrogen and oxygen atoms in total. The van der Waals surface area contributed by atoms with Crippen molar-refractivity contribution in [2.45, 2.75) is 6.54 Å². The summed E-state index contributed by atoms with van der Waals surface area (Å²) >= 11 is 0. The van der Waals surface area contributed by atoms with E-state index < -0.39 is 17.2 Å². The number of hydrogen-bond donors (Lipinski definition) is 3. The van der Waals surface area contributed by atoms with Crippen LogP contribution in [-0.4, -0.2) is 35.2 Å². The van der Waals surface area contributed by atoms with E-state index in [-0.39, 0.29) is 17.5 Å². The highest BCUT2D eigenvalue weighted by Crippen LogP contribution is 2.35. The zero-order chi connectivity index (χ0) is 18.7. The van der Waals surface area contributed by atoms with Crippen LogP contribution in [0.4, 0.5) is 0 Å². The molecule has 1 amide bonds. The van der Waals surface area contributed by atoms with Gasteiger partial charge in [0.1, 0.15) is 11.3 Å². The number of aromatic amines is 1. The van der Waals surface area contributed by atoms with Gasteiger partial charge in [-0.15, -0.1) is 0 Å². The predicted octanol–water partition coefficient (Wildman–Crippen LogP) is 1.58. The SMILES string of the molecule is COc1cc2[nH]c(=O)c(C(=O)NCc3cccnc3)c(O)c2cc1OC. The Morgan fingerprint density at radius 1 is 1.27 bits per heavy atom. The van der Waals surface area contributed by atoms with Gasteiger partial charge in [0.05, 0.1) is 19.7 Å². The molecule has 8 heteroatoms. The molecule has 0 fully saturated rings. The van der Waals surface area contributed by atoms with Crippen LogP contribution in [0.1, 0.15) is 15.9 Å². The van der Waals surface area contributed by atoms with Gasteiger partial charge in [-0.3, -0.25) is 14.6 Å². The lowest BCUT2D eigenvalue weighted by molar-refractivity contribution is 0.0947. The minimum atomic E-state index is -0.703. The smallest absolute Gasteiger partial charge is 0.265 e. The molecule has 26 heavy (non-hydrogen) atoms. The number of nitrogens with one attached hydrogen (secondary N) is 2. The van der Waals surface area contributed by atoms with Gasteiger partial charge in [-0.1, -0.05) is 6.07 Å². The number of carbonyl (C=O) groups excluding carboxylic acids is 1. The first-order chi connectivity index (χ1) is 12.5. The van der Waals surface area contributed by atoms with E-state index >= 15 is 0 Å². The quantitative estimate of drug-likeness (QED) is 0.640. The molecule has 2 heterocycles. The average molecular weight is 355 g/mol. The Bertz CT molecular complexity index is 1010. The standard InChI is InChI=1S/C18H17N3O5/c1-25-13-6-11-12(7-14(13)26-2)21-18(24)15(16(11)22)17(23)20-9-10-4-3-5-19-8-10/h3-8H,9H2,1-2H3,(H,20,23)(H2,21,22,24). The molecule has 0 saturated carbocycles. The number of aromatic nitrogens is 2. The highest BCUT2D eigenvalue weighted by Gasteiger charge is 2.20. The minimum absolute atomic E-state index is 0.176. The summed E-state index contributed by atoms with van der Waals surface area (Å²) in [5.74, 6) is -0.356. The normalized spacial score (nSPS) is 10.5. The fourth-order valence-corrected chi connectivity index (χ4v) is 2.59. The Hall–Kier alpha value is -3.55. The molecule has 0 aliphatic rings. The number of nitrogens with zero attached hydrogens (tertiary/aromatic N) is 1. The van der Waals surface area contributed by atoms with Crippen LogP contribution >= 0.6 is 0 Å². The fraction of sp³-hybridized carbons (Fsp3) is 0.167. The summed E-state index contributed by atoms with van der Waals surface area (Å²) < 4.78 is 10.4. The van der Waals surface area contributed by atoms with E-state index in [1.54, 1.807) is 24.5 Å². The van der Waals surface area contributed by atoms with Gasteiger partial charge in [0.25, 0.3) is 11.5 Å². The summed E-state index contributed by atoms with van der Waals surface area (Å²) in [5.41, 5.74) is 0.0254. The molecule has 0 radical (unpaired) electrons. The van der Waals surface area contributed by atoms with E-state index in [0.717, 1.165) is 5.56 Å². The molecular formula is C18H17N3O5. The molecule has 0 atom stereocenters. The molecule has 0 spiro atoms. The highest BCUT2D eigenvalue weighted by atomic mass is 16.5. The van der Waals surface area contributed by atoms with Crippen LogP contribution in [0.5, 0.6) is 17.2 Å². The number of ether oxygens (including phenoxy) is 2. The van der Waals surface area contributed by atoms with Crippen LogP contribution in [0.2, 0.25) is 0 Å². The van der Waals surface area contributed by atoms with Crippen molar-refractivity contribution in [3.8, 4) is 17.2 Å². The summed E-state index contributed by atoms with van der Waals surface area (Å²) in [5, 5.41) is 13.4. The lowest BCUT2D eigenvalue weighted by Crippen LogP contribution is -2.29. The number of methoxy groups -OCH3 is 2. The van der Waals surface area contributed by atoms with E-state index in [0.29, 0.717) is 17.0 Å². The van der Waals surface area contributed by atoms with Gasteiger partial charge in [0.2, 0.25) is 0 Å². The molecule has 2 aromatic heterocycles. The second kappa shape index (κ2) is 7.14. The van der Waals surface area contributed by atoms with Crippen molar-refractivity contribution in [2.24, 2.45) is 0 Å². The maximum Gasteiger partial charge on any atom is 0.265 e. The van der Waals surface area contributed by atoms with E-state index in [9.17, 15) is 14.7 Å². The summed E-state index contributed by atoms with van der Waals surface area (Å²) in [6.45, 7) is 0.176. The fourth-order valence-electron chi connectivity index (χ4n) is 2.59. The molecule has 0 bridgehead atoms. The number of fused-ring (bicyclic) bond motifs is 1. The zero-order valence-electron chi connectivity index (χ0n) is 14.2. The Kier molecular flexibility index (Phi) is 4.74. The van der Waals surface area contributed by atoms with Crippen molar-refractivity contribution < 1.29 is 19.4 Å². The Labute approximate surface area is 148 Å². The maximum atomic E-state index is 12.4. The summed E-state index contributed by atoms with van der Waals surface area (Å²) in [4.78, 5) is 31.2. The second-order valence-electron chi connectivity index (χ2n) is 5.47. The van der Waals surface area contributed by atoms with Crippen LogP contribution in [0, 0.1) is 0 Å². The molecule has 0 saturated heterocycles. The van der Waals surface area contributed by atoms with Gasteiger partial charge in [-0.25, -0.2) is 0 Å². The van der Waals surface area contributed by atoms with Crippen molar-refractivity contribution in [1.82, 2.24) is 15.3 Å². The molecule has 134 valence electrons. The Balaban J connectivity index is 2.00. The second-order valence-corrected chi connectivity index (χ2v) is 5.47. The van der Waals surface area contributed by atoms with E-state index in [1.807, 2.05) is 0 Å². The first-order valence-corrected chi connectivity index (χ1v) is 7.73. The molecule has 3 aromatic rings. The van der Waals surface area contributed by atoms with Crippen LogP contribution in [0.15, 0.2) is 41.5 Å². The van der Waals surface area contributed by atoms with Crippen molar-refractivity contribution in [3.63, 3.8) is 0 Å². The van der Waals surface area contributed by atoms with E-state index in [4.69, 9.17) is 9.47 Å². The third-order valence-electron chi connectivity index (χ3n) is 3.89. The predicted molar refractivity (Wildman–Crippen MR) is 94.7 cm³/mol. The van der Waals surface area contributed by atoms with Crippen LogP contribution in [0.25, 0.3) is 10.9 Å². The van der Waals surface area contributed by atoms with Gasteiger partial charge in [0.15, 0.2) is 11.5 Å². The third kappa shape index (κ3) is 3.16. The molecular weight excluding hydrogens is 338 g/mol. The average Bonchev–Trinajstić information content (AvgIpc) is 2.66. The zero-order valence-corrected chi connectivity index (χ0v) is 14.2. The Morgan fingerprint density at radius 3 is 2.65 bits per heavy atom. The lowest BCUT2D eigenvalue weighted by atomic mass is 10.1. The number of pyridine rings is 2. The number of benzene rings is 1. The van der Waals surface area contributed by atoms with Crippen LogP contribution < -0.4 is 20.3 Å². The number of H-pyrrole nitrogens is 1. The molecule has 3 rings (SSSR count). The van der Waals surface area contributed by atoms with Gasteiger partial charge >= 0.3 is 0 Å². The summed E-state index contributed by atoms with van der Waals surface area (Å²) in [7, 11) is 2.91. The van der Waals surface area contributed by atoms with Crippen molar-refractivity contribution in [2.75, 3.05) is 14.2 Å². The van der Waals surface area contributed by atoms with Crippen molar-refractivity contribution in [1.29, 1.82) is 0 Å². The molecule has 3 N–H and O–H groups in total. The summed E-state index contributed by atoms with van der Waals surface area (Å²) in [6, 6.07) is 6.54. The van der Waals surface area contributed by atoms with Crippen molar-refractivity contribution in [3.05, 3.63) is 58.1 Å². The van der Waals surface area contributed by atoms with Crippen LogP contribution in [-0.2, 0) is 6.54 Å². The van der Waals surface area contributed by atoms with Gasteiger partial charge in [-0.2, -0.15) is 0 Å². The topological polar surface area (TPSA) is 114 Å². The highest BCUT2D eigenvalue weighted by molar-refractivity contribution is 6.02. The largest absolute Gasteiger partial charge is 0.506 e. The number of carbonyl (C=O) groups is 1. The number of amides is 1. The molecule has 0 aliphatic carbocycles. The molecule has 0 unspecified atom stereocenters. The number of aromatic hydroxyl groups is 1. The molecule has 0 aliphatic heterocycles. The summed E-state index contributed by atoms with van der Waals surface area (Å²) in [6.07, 6.45) is 3.22. The van der Waals surface area contributed by atoms with Gasteiger partial charge < -0.3 is 24.9 Å². The third-order valence-corrected chi connectivity index (χ3v) is 3.89. The van der Waals surface area contributed by atoms with Gasteiger partial charge in [0, 0.05) is 30.4 Å². The Morgan fingerprint density at radius 2 is 2.00 bits per heavy atom. The van der Waals surface area contributed by atoms with E-state index in [1.165, 1.54) is 26.4 Å². The first-order valence-electron chi connectivity index (χ1n) is 7.73. The van der Waals surface area contributed by atoms with Gasteiger partial charge in [-0.05, 0) is 17.7 Å².